The molecule has 0 radical (unpaired) electrons. The van der Waals surface area contributed by atoms with Crippen LogP contribution in [0, 0.1) is 6.92 Å². The topological polar surface area (TPSA) is 65.4 Å². The summed E-state index contributed by atoms with van der Waals surface area (Å²) >= 11 is 12.7. The fraction of sp³-hybridized carbons (Fsp3) is 0.200. The van der Waals surface area contributed by atoms with Crippen LogP contribution in [0.5, 0.6) is 11.5 Å². The molecule has 0 atom stereocenters. The summed E-state index contributed by atoms with van der Waals surface area (Å²) in [6.45, 7) is 2.69. The zero-order chi connectivity index (χ0) is 19.7. The highest BCUT2D eigenvalue weighted by Crippen LogP contribution is 2.32. The predicted molar refractivity (Wildman–Crippen MR) is 106 cm³/mol. The number of benzene rings is 2. The van der Waals surface area contributed by atoms with Crippen molar-refractivity contribution in [2.24, 2.45) is 0 Å². The second-order valence-electron chi connectivity index (χ2n) is 6.37. The van der Waals surface area contributed by atoms with Gasteiger partial charge in [-0.15, -0.1) is 0 Å². The minimum Gasteiger partial charge on any atom is -0.454 e. The highest BCUT2D eigenvalue weighted by Gasteiger charge is 2.21. The molecule has 1 aromatic heterocycles. The van der Waals surface area contributed by atoms with E-state index in [2.05, 4.69) is 10.4 Å². The Kier molecular flexibility index (Phi) is 5.15. The number of hydrogen-bond acceptors (Lipinski definition) is 4. The van der Waals surface area contributed by atoms with Gasteiger partial charge in [0.1, 0.15) is 5.15 Å². The molecule has 144 valence electrons. The first kappa shape index (κ1) is 18.7. The molecule has 2 aromatic carbocycles. The van der Waals surface area contributed by atoms with Gasteiger partial charge in [-0.2, -0.15) is 5.10 Å². The van der Waals surface area contributed by atoms with E-state index in [1.54, 1.807) is 17.7 Å². The second kappa shape index (κ2) is 7.73. The van der Waals surface area contributed by atoms with Crippen molar-refractivity contribution in [2.45, 2.75) is 20.0 Å². The molecule has 0 spiro atoms. The molecule has 1 aliphatic rings. The number of fused-ring (bicyclic) bond motifs is 1. The summed E-state index contributed by atoms with van der Waals surface area (Å²) in [5.74, 6) is 1.09. The second-order valence-corrected chi connectivity index (χ2v) is 7.14. The molecule has 28 heavy (non-hydrogen) atoms. The van der Waals surface area contributed by atoms with Crippen LogP contribution in [0.1, 0.15) is 27.2 Å². The lowest BCUT2D eigenvalue weighted by Gasteiger charge is -2.07. The van der Waals surface area contributed by atoms with Crippen LogP contribution in [0.15, 0.2) is 42.5 Å². The van der Waals surface area contributed by atoms with Gasteiger partial charge in [-0.25, -0.2) is 4.68 Å². The number of carbonyl (C=O) groups excluding carboxylic acids is 1. The Hall–Kier alpha value is -2.70. The minimum absolute atomic E-state index is 0.213. The molecular weight excluding hydrogens is 401 g/mol. The molecule has 0 bridgehead atoms. The Bertz CT molecular complexity index is 1050. The maximum Gasteiger partial charge on any atom is 0.256 e. The number of amides is 1. The molecule has 1 amide bonds. The van der Waals surface area contributed by atoms with Gasteiger partial charge in [0.15, 0.2) is 11.5 Å². The summed E-state index contributed by atoms with van der Waals surface area (Å²) < 4.78 is 12.2. The summed E-state index contributed by atoms with van der Waals surface area (Å²) in [5, 5.41) is 8.18. The average molecular weight is 418 g/mol. The number of halogens is 2. The maximum absolute atomic E-state index is 12.7. The number of nitrogens with one attached hydrogen (secondary N) is 1. The van der Waals surface area contributed by atoms with Crippen LogP contribution < -0.4 is 14.8 Å². The SMILES string of the molecule is Cc1nn(Cc2ccccc2Cl)c(Cl)c1C(=O)NCc1ccc2c(c1)OCO2. The van der Waals surface area contributed by atoms with Gasteiger partial charge in [0.25, 0.3) is 5.91 Å². The number of nitrogens with zero attached hydrogens (tertiary/aromatic N) is 2. The van der Waals surface area contributed by atoms with E-state index < -0.39 is 0 Å². The fourth-order valence-corrected chi connectivity index (χ4v) is 3.54. The summed E-state index contributed by atoms with van der Waals surface area (Å²) in [4.78, 5) is 12.7. The van der Waals surface area contributed by atoms with Crippen molar-refractivity contribution in [1.29, 1.82) is 0 Å². The number of aromatic nitrogens is 2. The van der Waals surface area contributed by atoms with Crippen molar-refractivity contribution in [3.05, 3.63) is 75.0 Å². The van der Waals surface area contributed by atoms with Crippen molar-refractivity contribution in [3.63, 3.8) is 0 Å². The number of carbonyl (C=O) groups is 1. The van der Waals surface area contributed by atoms with Gasteiger partial charge in [-0.1, -0.05) is 47.5 Å². The number of aryl methyl sites for hydroxylation is 1. The van der Waals surface area contributed by atoms with Crippen LogP contribution in [0.2, 0.25) is 10.2 Å². The molecule has 0 unspecified atom stereocenters. The first-order valence-corrected chi connectivity index (χ1v) is 9.41. The standard InChI is InChI=1S/C20H17Cl2N3O3/c1-12-18(19(22)25(24-12)10-14-4-2-3-5-15(14)21)20(26)23-9-13-6-7-16-17(8-13)28-11-27-16/h2-8H,9-11H2,1H3,(H,23,26). The Morgan fingerprint density at radius 1 is 1.18 bits per heavy atom. The van der Waals surface area contributed by atoms with Gasteiger partial charge < -0.3 is 14.8 Å². The van der Waals surface area contributed by atoms with Crippen molar-refractivity contribution in [3.8, 4) is 11.5 Å². The van der Waals surface area contributed by atoms with Gasteiger partial charge in [-0.3, -0.25) is 4.79 Å². The molecule has 0 fully saturated rings. The summed E-state index contributed by atoms with van der Waals surface area (Å²) in [6, 6.07) is 13.0. The molecular formula is C20H17Cl2N3O3. The van der Waals surface area contributed by atoms with Gasteiger partial charge in [0.2, 0.25) is 6.79 Å². The lowest BCUT2D eigenvalue weighted by molar-refractivity contribution is 0.0950. The highest BCUT2D eigenvalue weighted by molar-refractivity contribution is 6.33. The molecule has 0 saturated heterocycles. The van der Waals surface area contributed by atoms with Crippen LogP contribution in [0.3, 0.4) is 0 Å². The van der Waals surface area contributed by atoms with Crippen LogP contribution >= 0.6 is 23.2 Å². The predicted octanol–water partition coefficient (Wildman–Crippen LogP) is 4.21. The van der Waals surface area contributed by atoms with E-state index in [9.17, 15) is 4.79 Å². The molecule has 6 nitrogen and oxygen atoms in total. The van der Waals surface area contributed by atoms with Crippen LogP contribution in [-0.4, -0.2) is 22.5 Å². The molecule has 0 saturated carbocycles. The molecule has 8 heteroatoms. The van der Waals surface area contributed by atoms with E-state index in [4.69, 9.17) is 32.7 Å². The molecule has 1 N–H and O–H groups in total. The molecule has 2 heterocycles. The molecule has 0 aliphatic carbocycles. The van der Waals surface area contributed by atoms with Crippen LogP contribution in [0.25, 0.3) is 0 Å². The van der Waals surface area contributed by atoms with Crippen molar-refractivity contribution in [2.75, 3.05) is 6.79 Å². The third-order valence-corrected chi connectivity index (χ3v) is 5.21. The molecule has 1 aliphatic heterocycles. The van der Waals surface area contributed by atoms with Crippen LogP contribution in [0.4, 0.5) is 0 Å². The van der Waals surface area contributed by atoms with E-state index in [1.807, 2.05) is 36.4 Å². The zero-order valence-corrected chi connectivity index (χ0v) is 16.5. The monoisotopic (exact) mass is 417 g/mol. The normalized spacial score (nSPS) is 12.2. The summed E-state index contributed by atoms with van der Waals surface area (Å²) in [7, 11) is 0. The van der Waals surface area contributed by atoms with Crippen molar-refractivity contribution in [1.82, 2.24) is 15.1 Å². The Morgan fingerprint density at radius 2 is 1.96 bits per heavy atom. The van der Waals surface area contributed by atoms with Gasteiger partial charge in [0.05, 0.1) is 17.8 Å². The van der Waals surface area contributed by atoms with Gasteiger partial charge in [-0.05, 0) is 36.2 Å². The quantitative estimate of drug-likeness (QED) is 0.675. The van der Waals surface area contributed by atoms with E-state index in [-0.39, 0.29) is 17.9 Å². The highest BCUT2D eigenvalue weighted by atomic mass is 35.5. The van der Waals surface area contributed by atoms with Crippen molar-refractivity contribution < 1.29 is 14.3 Å². The first-order chi connectivity index (χ1) is 13.5. The van der Waals surface area contributed by atoms with E-state index >= 15 is 0 Å². The number of rotatable bonds is 5. The van der Waals surface area contributed by atoms with E-state index in [1.165, 1.54) is 0 Å². The smallest absolute Gasteiger partial charge is 0.256 e. The Balaban J connectivity index is 1.48. The van der Waals surface area contributed by atoms with Crippen LogP contribution in [-0.2, 0) is 13.1 Å². The summed E-state index contributed by atoms with van der Waals surface area (Å²) in [5.41, 5.74) is 2.69. The van der Waals surface area contributed by atoms with Gasteiger partial charge in [0, 0.05) is 11.6 Å². The third-order valence-electron chi connectivity index (χ3n) is 4.46. The fourth-order valence-electron chi connectivity index (χ4n) is 3.03. The lowest BCUT2D eigenvalue weighted by Crippen LogP contribution is -2.23. The molecule has 3 aromatic rings. The Labute approximate surface area is 172 Å². The Morgan fingerprint density at radius 3 is 2.79 bits per heavy atom. The number of hydrogen-bond donors (Lipinski definition) is 1. The molecule has 4 rings (SSSR count). The van der Waals surface area contributed by atoms with E-state index in [0.29, 0.717) is 40.9 Å². The zero-order valence-electron chi connectivity index (χ0n) is 15.0. The summed E-state index contributed by atoms with van der Waals surface area (Å²) in [6.07, 6.45) is 0. The lowest BCUT2D eigenvalue weighted by atomic mass is 10.2. The minimum atomic E-state index is -0.287. The maximum atomic E-state index is 12.7. The van der Waals surface area contributed by atoms with Crippen molar-refractivity contribution >= 4 is 29.1 Å². The number of ether oxygens (including phenoxy) is 2. The first-order valence-electron chi connectivity index (χ1n) is 8.66. The third kappa shape index (κ3) is 3.66. The largest absolute Gasteiger partial charge is 0.454 e. The average Bonchev–Trinajstić information content (AvgIpc) is 3.25. The van der Waals surface area contributed by atoms with E-state index in [0.717, 1.165) is 11.1 Å². The van der Waals surface area contributed by atoms with Gasteiger partial charge >= 0.3 is 0 Å².